The number of rotatable bonds is 6. The Morgan fingerprint density at radius 1 is 0.579 bits per heavy atom. The van der Waals surface area contributed by atoms with E-state index in [1.165, 1.54) is 36.4 Å². The number of benzene rings is 3. The van der Waals surface area contributed by atoms with Crippen LogP contribution in [-0.4, -0.2) is 36.5 Å². The Morgan fingerprint density at radius 3 is 1.13 bits per heavy atom. The van der Waals surface area contributed by atoms with Crippen molar-refractivity contribution in [3.8, 4) is 22.3 Å². The summed E-state index contributed by atoms with van der Waals surface area (Å²) in [7, 11) is 0. The van der Waals surface area contributed by atoms with E-state index in [0.29, 0.717) is 25.0 Å². The molecular formula is C26H18F8O4. The summed E-state index contributed by atoms with van der Waals surface area (Å²) in [6.45, 7) is 1.23. The average Bonchev–Trinajstić information content (AvgIpc) is 2.82. The molecule has 0 saturated carbocycles. The van der Waals surface area contributed by atoms with E-state index < -0.39 is 59.3 Å². The zero-order valence-electron chi connectivity index (χ0n) is 19.6. The molecule has 3 aromatic carbocycles. The van der Waals surface area contributed by atoms with Crippen LogP contribution < -0.4 is 0 Å². The van der Waals surface area contributed by atoms with Crippen molar-refractivity contribution in [3.05, 3.63) is 83.4 Å². The molecule has 0 aromatic heterocycles. The van der Waals surface area contributed by atoms with E-state index in [0.717, 1.165) is 24.3 Å². The van der Waals surface area contributed by atoms with Gasteiger partial charge < -0.3 is 9.47 Å². The minimum absolute atomic E-state index is 0.275. The summed E-state index contributed by atoms with van der Waals surface area (Å²) in [4.78, 5) is 23.8. The molecule has 4 nitrogen and oxygen atoms in total. The number of hydrogen-bond donors (Lipinski definition) is 0. The van der Waals surface area contributed by atoms with Crippen molar-refractivity contribution < 1.29 is 54.2 Å². The molecule has 3 rings (SSSR count). The zero-order valence-corrected chi connectivity index (χ0v) is 19.6. The highest BCUT2D eigenvalue weighted by Gasteiger charge is 2.40. The molecule has 0 radical (unpaired) electrons. The molecule has 0 aliphatic heterocycles. The molecule has 38 heavy (non-hydrogen) atoms. The summed E-state index contributed by atoms with van der Waals surface area (Å²) in [6.07, 6.45) is -14.4. The molecule has 0 saturated heterocycles. The van der Waals surface area contributed by atoms with E-state index in [9.17, 15) is 44.7 Å². The summed E-state index contributed by atoms with van der Waals surface area (Å²) in [5.41, 5.74) is 0.0755. The van der Waals surface area contributed by atoms with Gasteiger partial charge in [-0.2, -0.15) is 26.3 Å². The minimum Gasteiger partial charge on any atom is -0.449 e. The molecule has 0 N–H and O–H groups in total. The van der Waals surface area contributed by atoms with Gasteiger partial charge in [-0.1, -0.05) is 36.4 Å². The average molecular weight is 546 g/mol. The monoisotopic (exact) mass is 546 g/mol. The van der Waals surface area contributed by atoms with E-state index >= 15 is 0 Å². The van der Waals surface area contributed by atoms with E-state index in [1.807, 2.05) is 0 Å². The van der Waals surface area contributed by atoms with Gasteiger partial charge >= 0.3 is 24.3 Å². The van der Waals surface area contributed by atoms with Crippen LogP contribution in [0.2, 0.25) is 0 Å². The van der Waals surface area contributed by atoms with Gasteiger partial charge in [-0.25, -0.2) is 18.4 Å². The second-order valence-electron chi connectivity index (χ2n) is 8.14. The molecule has 2 atom stereocenters. The number of carbonyl (C=O) groups excluding carboxylic acids is 2. The van der Waals surface area contributed by atoms with Crippen molar-refractivity contribution in [2.24, 2.45) is 0 Å². The number of hydrogen-bond acceptors (Lipinski definition) is 4. The van der Waals surface area contributed by atoms with Crippen molar-refractivity contribution in [1.29, 1.82) is 0 Å². The lowest BCUT2D eigenvalue weighted by atomic mass is 9.98. The summed E-state index contributed by atoms with van der Waals surface area (Å²) in [6, 6.07) is 12.5. The van der Waals surface area contributed by atoms with Crippen LogP contribution in [0.15, 0.2) is 60.7 Å². The van der Waals surface area contributed by atoms with E-state index in [4.69, 9.17) is 0 Å². The van der Waals surface area contributed by atoms with Gasteiger partial charge in [0.15, 0.2) is 12.2 Å². The van der Waals surface area contributed by atoms with Gasteiger partial charge in [-0.05, 0) is 60.4 Å². The van der Waals surface area contributed by atoms with Crippen molar-refractivity contribution in [2.75, 3.05) is 0 Å². The first-order chi connectivity index (χ1) is 17.6. The highest BCUT2D eigenvalue weighted by molar-refractivity contribution is 5.91. The van der Waals surface area contributed by atoms with Crippen LogP contribution in [0.5, 0.6) is 0 Å². The third kappa shape index (κ3) is 6.67. The van der Waals surface area contributed by atoms with Crippen LogP contribution in [0.4, 0.5) is 35.1 Å². The van der Waals surface area contributed by atoms with Gasteiger partial charge in [0.25, 0.3) is 0 Å². The quantitative estimate of drug-likeness (QED) is 0.237. The van der Waals surface area contributed by atoms with Crippen LogP contribution >= 0.6 is 0 Å². The van der Waals surface area contributed by atoms with Gasteiger partial charge in [-0.3, -0.25) is 0 Å². The Balaban J connectivity index is 1.76. The third-order valence-corrected chi connectivity index (χ3v) is 5.42. The number of alkyl halides is 6. The molecule has 0 heterocycles. The minimum atomic E-state index is -4.80. The molecule has 0 spiro atoms. The fraction of sp³-hybridized carbons (Fsp3) is 0.231. The van der Waals surface area contributed by atoms with Crippen molar-refractivity contribution >= 4 is 11.9 Å². The first-order valence-corrected chi connectivity index (χ1v) is 10.8. The number of carbonyl (C=O) groups is 2. The van der Waals surface area contributed by atoms with Gasteiger partial charge in [0, 0.05) is 0 Å². The second kappa shape index (κ2) is 10.8. The molecule has 12 heteroatoms. The maximum Gasteiger partial charge on any atom is 0.425 e. The first-order valence-electron chi connectivity index (χ1n) is 10.8. The molecule has 202 valence electrons. The van der Waals surface area contributed by atoms with Crippen molar-refractivity contribution in [2.45, 2.75) is 38.4 Å². The SMILES string of the molecule is C[C@H](OC(=O)c1ccc(-c2ccc(-c3ccc(C(=O)O[C@@H](C)C(F)(F)F)c(F)c3)cc2)cc1F)C(F)(F)F. The highest BCUT2D eigenvalue weighted by Crippen LogP contribution is 2.29. The number of esters is 2. The molecular weight excluding hydrogens is 528 g/mol. The lowest BCUT2D eigenvalue weighted by Gasteiger charge is -2.16. The Hall–Kier alpha value is -3.96. The third-order valence-electron chi connectivity index (χ3n) is 5.42. The van der Waals surface area contributed by atoms with Crippen LogP contribution in [0.25, 0.3) is 22.3 Å². The first kappa shape index (κ1) is 28.6. The highest BCUT2D eigenvalue weighted by atomic mass is 19.4. The van der Waals surface area contributed by atoms with Gasteiger partial charge in [0.2, 0.25) is 0 Å². The normalized spacial score (nSPS) is 13.5. The van der Waals surface area contributed by atoms with E-state index in [1.54, 1.807) is 0 Å². The Morgan fingerprint density at radius 2 is 0.868 bits per heavy atom. The van der Waals surface area contributed by atoms with Gasteiger partial charge in [-0.15, -0.1) is 0 Å². The molecule has 3 aromatic rings. The summed E-state index contributed by atoms with van der Waals surface area (Å²) in [5, 5.41) is 0. The van der Waals surface area contributed by atoms with Gasteiger partial charge in [0.1, 0.15) is 11.6 Å². The zero-order chi connectivity index (χ0) is 28.4. The molecule has 0 amide bonds. The fourth-order valence-corrected chi connectivity index (χ4v) is 3.16. The van der Waals surface area contributed by atoms with Crippen LogP contribution in [0, 0.1) is 11.6 Å². The molecule has 0 unspecified atom stereocenters. The largest absolute Gasteiger partial charge is 0.449 e. The standard InChI is InChI=1S/C26H18F8O4/c1-13(25(29,30)31)37-23(35)19-9-7-17(11-21(19)27)15-3-5-16(6-4-15)18-8-10-20(22(28)12-18)24(36)38-14(2)26(32,33)34/h3-14H,1-2H3/t13-,14-/m0/s1. The smallest absolute Gasteiger partial charge is 0.425 e. The molecule has 0 bridgehead atoms. The molecule has 0 aliphatic rings. The lowest BCUT2D eigenvalue weighted by molar-refractivity contribution is -0.198. The molecule has 0 aliphatic carbocycles. The number of halogens is 8. The second-order valence-corrected chi connectivity index (χ2v) is 8.14. The van der Waals surface area contributed by atoms with E-state index in [2.05, 4.69) is 9.47 Å². The summed E-state index contributed by atoms with van der Waals surface area (Å²) < 4.78 is 113. The maximum atomic E-state index is 14.4. The van der Waals surface area contributed by atoms with Crippen molar-refractivity contribution in [3.63, 3.8) is 0 Å². The van der Waals surface area contributed by atoms with Crippen LogP contribution in [-0.2, 0) is 9.47 Å². The topological polar surface area (TPSA) is 52.6 Å². The Kier molecular flexibility index (Phi) is 8.13. The summed E-state index contributed by atoms with van der Waals surface area (Å²) in [5.74, 6) is -5.15. The van der Waals surface area contributed by atoms with Gasteiger partial charge in [0.05, 0.1) is 11.1 Å². The Labute approximate surface area is 210 Å². The molecule has 0 fully saturated rings. The number of ether oxygens (including phenoxy) is 2. The lowest BCUT2D eigenvalue weighted by Crippen LogP contribution is -2.31. The maximum absolute atomic E-state index is 14.4. The predicted octanol–water partition coefficient (Wildman–Crippen LogP) is 7.51. The van der Waals surface area contributed by atoms with Crippen LogP contribution in [0.3, 0.4) is 0 Å². The fourth-order valence-electron chi connectivity index (χ4n) is 3.16. The summed E-state index contributed by atoms with van der Waals surface area (Å²) >= 11 is 0. The van der Waals surface area contributed by atoms with Crippen molar-refractivity contribution in [1.82, 2.24) is 0 Å². The predicted molar refractivity (Wildman–Crippen MR) is 119 cm³/mol. The van der Waals surface area contributed by atoms with E-state index in [-0.39, 0.29) is 11.1 Å². The van der Waals surface area contributed by atoms with Crippen LogP contribution in [0.1, 0.15) is 34.6 Å². The Bertz CT molecular complexity index is 1230.